The lowest BCUT2D eigenvalue weighted by atomic mass is 10.1. The van der Waals surface area contributed by atoms with Gasteiger partial charge in [0.1, 0.15) is 11.5 Å². The van der Waals surface area contributed by atoms with Crippen LogP contribution in [0.5, 0.6) is 0 Å². The first-order valence-electron chi connectivity index (χ1n) is 7.49. The number of furan rings is 1. The third kappa shape index (κ3) is 4.27. The molecule has 126 valence electrons. The van der Waals surface area contributed by atoms with Gasteiger partial charge in [0, 0.05) is 14.5 Å². The number of aryl methyl sites for hydroxylation is 1. The van der Waals surface area contributed by atoms with Crippen LogP contribution < -0.4 is 5.43 Å². The minimum absolute atomic E-state index is 0.294. The van der Waals surface area contributed by atoms with Crippen LogP contribution in [0.15, 0.2) is 73.1 Å². The summed E-state index contributed by atoms with van der Waals surface area (Å²) >= 11 is 6.86. The molecule has 0 aliphatic carbocycles. The Hall–Kier alpha value is -2.18. The number of rotatable bonds is 4. The summed E-state index contributed by atoms with van der Waals surface area (Å²) in [4.78, 5) is 12.1. The van der Waals surface area contributed by atoms with Gasteiger partial charge >= 0.3 is 0 Å². The lowest BCUT2D eigenvalue weighted by Gasteiger charge is -2.02. The van der Waals surface area contributed by atoms with Crippen molar-refractivity contribution < 1.29 is 9.21 Å². The van der Waals surface area contributed by atoms with Crippen molar-refractivity contribution in [3.05, 3.63) is 80.4 Å². The first-order valence-corrected chi connectivity index (χ1v) is 9.07. The molecule has 0 saturated heterocycles. The van der Waals surface area contributed by atoms with Crippen molar-refractivity contribution in [1.82, 2.24) is 5.43 Å². The van der Waals surface area contributed by atoms with Gasteiger partial charge in [-0.05, 0) is 58.7 Å². The summed E-state index contributed by atoms with van der Waals surface area (Å²) < 4.78 is 7.49. The smallest absolute Gasteiger partial charge is 0.272 e. The van der Waals surface area contributed by atoms with Crippen LogP contribution in [0.4, 0.5) is 0 Å². The predicted molar refractivity (Wildman–Crippen MR) is 106 cm³/mol. The normalized spacial score (nSPS) is 11.0. The number of hydrazone groups is 1. The molecule has 0 spiro atoms. The molecule has 1 N–H and O–H groups in total. The molecule has 0 atom stereocenters. The molecule has 0 bridgehead atoms. The number of hydrogen-bond acceptors (Lipinski definition) is 3. The van der Waals surface area contributed by atoms with Crippen molar-refractivity contribution in [3.8, 4) is 11.3 Å². The second kappa shape index (κ2) is 7.80. The quantitative estimate of drug-likeness (QED) is 0.409. The molecule has 0 saturated carbocycles. The van der Waals surface area contributed by atoms with E-state index in [4.69, 9.17) is 4.42 Å². The Kier molecular flexibility index (Phi) is 5.50. The summed E-state index contributed by atoms with van der Waals surface area (Å²) in [5, 5.41) is 3.95. The number of carbonyl (C=O) groups excluding carboxylic acids is 1. The Morgan fingerprint density at radius 3 is 2.64 bits per heavy atom. The van der Waals surface area contributed by atoms with Gasteiger partial charge in [-0.2, -0.15) is 5.10 Å². The lowest BCUT2D eigenvalue weighted by molar-refractivity contribution is 0.0954. The Balaban J connectivity index is 1.69. The Morgan fingerprint density at radius 1 is 1.08 bits per heavy atom. The average Bonchev–Trinajstić information content (AvgIpc) is 3.06. The van der Waals surface area contributed by atoms with E-state index in [0.29, 0.717) is 15.8 Å². The SMILES string of the molecule is Cc1ccc(-c2ccc(/C=N/NC(=O)c3ccccc3Br)o2)cc1Br. The Bertz CT molecular complexity index is 948. The highest BCUT2D eigenvalue weighted by molar-refractivity contribution is 9.10. The van der Waals surface area contributed by atoms with Crippen molar-refractivity contribution in [1.29, 1.82) is 0 Å². The second-order valence-corrected chi connectivity index (χ2v) is 7.05. The zero-order chi connectivity index (χ0) is 17.8. The molecule has 0 fully saturated rings. The van der Waals surface area contributed by atoms with E-state index in [1.165, 1.54) is 6.21 Å². The van der Waals surface area contributed by atoms with Crippen molar-refractivity contribution >= 4 is 44.0 Å². The van der Waals surface area contributed by atoms with E-state index in [1.807, 2.05) is 37.3 Å². The van der Waals surface area contributed by atoms with E-state index < -0.39 is 0 Å². The van der Waals surface area contributed by atoms with Gasteiger partial charge in [-0.25, -0.2) is 5.43 Å². The zero-order valence-electron chi connectivity index (χ0n) is 13.3. The minimum Gasteiger partial charge on any atom is -0.455 e. The van der Waals surface area contributed by atoms with Crippen molar-refractivity contribution in [2.24, 2.45) is 5.10 Å². The molecule has 6 heteroatoms. The van der Waals surface area contributed by atoms with Gasteiger partial charge in [0.25, 0.3) is 5.91 Å². The van der Waals surface area contributed by atoms with Crippen molar-refractivity contribution in [2.75, 3.05) is 0 Å². The first-order chi connectivity index (χ1) is 12.0. The highest BCUT2D eigenvalue weighted by atomic mass is 79.9. The molecule has 1 amide bonds. The fraction of sp³-hybridized carbons (Fsp3) is 0.0526. The molecule has 0 unspecified atom stereocenters. The molecule has 0 aliphatic heterocycles. The van der Waals surface area contributed by atoms with E-state index in [0.717, 1.165) is 21.4 Å². The van der Waals surface area contributed by atoms with Crippen LogP contribution in [0.2, 0.25) is 0 Å². The molecular weight excluding hydrogens is 448 g/mol. The predicted octanol–water partition coefficient (Wildman–Crippen LogP) is 5.54. The van der Waals surface area contributed by atoms with Crippen LogP contribution >= 0.6 is 31.9 Å². The second-order valence-electron chi connectivity index (χ2n) is 5.34. The van der Waals surface area contributed by atoms with Gasteiger partial charge in [-0.3, -0.25) is 4.79 Å². The monoisotopic (exact) mass is 460 g/mol. The first kappa shape index (κ1) is 17.6. The van der Waals surface area contributed by atoms with Gasteiger partial charge in [-0.1, -0.05) is 40.2 Å². The number of benzene rings is 2. The summed E-state index contributed by atoms with van der Waals surface area (Å²) in [6, 6.07) is 16.9. The highest BCUT2D eigenvalue weighted by Crippen LogP contribution is 2.26. The molecule has 0 aliphatic rings. The largest absolute Gasteiger partial charge is 0.455 e. The fourth-order valence-corrected chi connectivity index (χ4v) is 3.03. The number of halogens is 2. The van der Waals surface area contributed by atoms with Gasteiger partial charge in [0.05, 0.1) is 11.8 Å². The topological polar surface area (TPSA) is 54.6 Å². The van der Waals surface area contributed by atoms with Crippen LogP contribution in [-0.2, 0) is 0 Å². The molecule has 2 aromatic carbocycles. The Morgan fingerprint density at radius 2 is 1.88 bits per heavy atom. The third-order valence-corrected chi connectivity index (χ3v) is 5.11. The minimum atomic E-state index is -0.294. The van der Waals surface area contributed by atoms with Crippen LogP contribution in [0.1, 0.15) is 21.7 Å². The maximum absolute atomic E-state index is 12.1. The van der Waals surface area contributed by atoms with Gasteiger partial charge in [-0.15, -0.1) is 0 Å². The standard InChI is InChI=1S/C19H14Br2N2O2/c1-12-6-7-13(10-17(12)21)18-9-8-14(25-18)11-22-23-19(24)15-4-2-3-5-16(15)20/h2-11H,1H3,(H,23,24)/b22-11+. The summed E-state index contributed by atoms with van der Waals surface area (Å²) in [7, 11) is 0. The van der Waals surface area contributed by atoms with Crippen LogP contribution in [0.25, 0.3) is 11.3 Å². The molecule has 4 nitrogen and oxygen atoms in total. The molecular formula is C19H14Br2N2O2. The van der Waals surface area contributed by atoms with Crippen LogP contribution in [0, 0.1) is 6.92 Å². The Labute approximate surface area is 162 Å². The maximum Gasteiger partial charge on any atom is 0.272 e. The third-order valence-electron chi connectivity index (χ3n) is 3.56. The summed E-state index contributed by atoms with van der Waals surface area (Å²) in [6.45, 7) is 2.03. The molecule has 3 rings (SSSR count). The van der Waals surface area contributed by atoms with Crippen molar-refractivity contribution in [2.45, 2.75) is 6.92 Å². The number of nitrogens with one attached hydrogen (secondary N) is 1. The highest BCUT2D eigenvalue weighted by Gasteiger charge is 2.08. The molecule has 1 aromatic heterocycles. The number of carbonyl (C=O) groups is 1. The summed E-state index contributed by atoms with van der Waals surface area (Å²) in [6.07, 6.45) is 1.47. The fourth-order valence-electron chi connectivity index (χ4n) is 2.18. The van der Waals surface area contributed by atoms with E-state index in [2.05, 4.69) is 42.4 Å². The lowest BCUT2D eigenvalue weighted by Crippen LogP contribution is -2.17. The van der Waals surface area contributed by atoms with E-state index >= 15 is 0 Å². The molecule has 3 aromatic rings. The number of nitrogens with zero attached hydrogens (tertiary/aromatic N) is 1. The van der Waals surface area contributed by atoms with Crippen LogP contribution in [-0.4, -0.2) is 12.1 Å². The molecule has 1 heterocycles. The van der Waals surface area contributed by atoms with E-state index in [9.17, 15) is 4.79 Å². The summed E-state index contributed by atoms with van der Waals surface area (Å²) in [5.74, 6) is 0.997. The van der Waals surface area contributed by atoms with Crippen LogP contribution in [0.3, 0.4) is 0 Å². The molecule has 0 radical (unpaired) electrons. The molecule has 25 heavy (non-hydrogen) atoms. The van der Waals surface area contributed by atoms with E-state index in [-0.39, 0.29) is 5.91 Å². The van der Waals surface area contributed by atoms with Gasteiger partial charge in [0.15, 0.2) is 0 Å². The summed E-state index contributed by atoms with van der Waals surface area (Å²) in [5.41, 5.74) is 5.13. The zero-order valence-corrected chi connectivity index (χ0v) is 16.5. The van der Waals surface area contributed by atoms with E-state index in [1.54, 1.807) is 24.3 Å². The average molecular weight is 462 g/mol. The maximum atomic E-state index is 12.1. The number of amides is 1. The van der Waals surface area contributed by atoms with Gasteiger partial charge < -0.3 is 4.42 Å². The number of hydrogen-bond donors (Lipinski definition) is 1. The van der Waals surface area contributed by atoms with Crippen molar-refractivity contribution in [3.63, 3.8) is 0 Å². The van der Waals surface area contributed by atoms with Gasteiger partial charge in [0.2, 0.25) is 0 Å².